The highest BCUT2D eigenvalue weighted by Gasteiger charge is 2.31. The summed E-state index contributed by atoms with van der Waals surface area (Å²) in [6, 6.07) is 31.6. The van der Waals surface area contributed by atoms with Gasteiger partial charge in [0.1, 0.15) is 0 Å². The molecule has 5 rings (SSSR count). The van der Waals surface area contributed by atoms with Gasteiger partial charge in [0.2, 0.25) is 0 Å². The minimum atomic E-state index is 0.0220. The summed E-state index contributed by atoms with van der Waals surface area (Å²) in [7, 11) is 0. The van der Waals surface area contributed by atoms with Gasteiger partial charge in [0.25, 0.3) is 0 Å². The van der Waals surface area contributed by atoms with E-state index in [1.165, 1.54) is 55.6 Å². The first-order valence-corrected chi connectivity index (χ1v) is 12.1. The molecule has 0 heteroatoms. The Bertz CT molecular complexity index is 1310. The number of rotatable bonds is 2. The summed E-state index contributed by atoms with van der Waals surface area (Å²) >= 11 is 0. The van der Waals surface area contributed by atoms with Gasteiger partial charge < -0.3 is 0 Å². The first kappa shape index (κ1) is 21.7. The van der Waals surface area contributed by atoms with Crippen LogP contribution >= 0.6 is 0 Å². The summed E-state index contributed by atoms with van der Waals surface area (Å²) in [6.07, 6.45) is 0.990. The molecule has 0 heterocycles. The van der Waals surface area contributed by atoms with E-state index in [4.69, 9.17) is 0 Å². The fraction of sp³-hybridized carbons (Fsp3) is 0.273. The normalized spacial score (nSPS) is 13.0. The number of hydrogen-bond donors (Lipinski definition) is 0. The molecule has 0 saturated carbocycles. The van der Waals surface area contributed by atoms with Gasteiger partial charge in [-0.1, -0.05) is 120 Å². The maximum atomic E-state index is 2.50. The molecule has 0 fully saturated rings. The Balaban J connectivity index is 1.89. The van der Waals surface area contributed by atoms with Crippen LogP contribution < -0.4 is 0 Å². The molecule has 0 N–H and O–H groups in total. The van der Waals surface area contributed by atoms with E-state index in [-0.39, 0.29) is 10.8 Å². The Morgan fingerprint density at radius 2 is 1.12 bits per heavy atom. The predicted octanol–water partition coefficient (Wildman–Crippen LogP) is 9.19. The summed E-state index contributed by atoms with van der Waals surface area (Å²) in [6.45, 7) is 13.9. The minimum absolute atomic E-state index is 0.0220. The van der Waals surface area contributed by atoms with Crippen LogP contribution in [0, 0.1) is 0 Å². The van der Waals surface area contributed by atoms with E-state index in [0.29, 0.717) is 0 Å². The zero-order valence-electron chi connectivity index (χ0n) is 20.8. The predicted molar refractivity (Wildman–Crippen MR) is 143 cm³/mol. The summed E-state index contributed by atoms with van der Waals surface area (Å²) in [5.74, 6) is 0. The van der Waals surface area contributed by atoms with E-state index in [1.54, 1.807) is 0 Å². The molecule has 4 aromatic rings. The van der Waals surface area contributed by atoms with Gasteiger partial charge in [0.15, 0.2) is 0 Å². The summed E-state index contributed by atoms with van der Waals surface area (Å²) < 4.78 is 0. The van der Waals surface area contributed by atoms with Gasteiger partial charge in [0.05, 0.1) is 0 Å². The molecule has 0 atom stereocenters. The van der Waals surface area contributed by atoms with Crippen molar-refractivity contribution in [3.05, 3.63) is 107 Å². The SMILES string of the molecule is CC(C)(C)c1ccc2c(c1)-c1cc(C(C)(C)C)c(-c3ccccc3)c(-c3ccccc3)c1C2. The average molecular weight is 431 g/mol. The second-order valence-electron chi connectivity index (χ2n) is 11.5. The van der Waals surface area contributed by atoms with Gasteiger partial charge in [0, 0.05) is 0 Å². The van der Waals surface area contributed by atoms with E-state index in [9.17, 15) is 0 Å². The molecular formula is C33H34. The van der Waals surface area contributed by atoms with Crippen LogP contribution in [0.25, 0.3) is 33.4 Å². The van der Waals surface area contributed by atoms with E-state index >= 15 is 0 Å². The van der Waals surface area contributed by atoms with Crippen molar-refractivity contribution in [2.45, 2.75) is 58.8 Å². The Hall–Kier alpha value is -3.12. The smallest absolute Gasteiger partial charge is 0.000705 e. The van der Waals surface area contributed by atoms with Crippen molar-refractivity contribution in [1.82, 2.24) is 0 Å². The fourth-order valence-corrected chi connectivity index (χ4v) is 5.21. The third-order valence-corrected chi connectivity index (χ3v) is 7.00. The van der Waals surface area contributed by atoms with Gasteiger partial charge in [-0.25, -0.2) is 0 Å². The van der Waals surface area contributed by atoms with Crippen molar-refractivity contribution in [3.8, 4) is 33.4 Å². The summed E-state index contributed by atoms with van der Waals surface area (Å²) in [5.41, 5.74) is 14.1. The van der Waals surface area contributed by atoms with Crippen LogP contribution in [-0.4, -0.2) is 0 Å². The molecule has 0 amide bonds. The first-order valence-electron chi connectivity index (χ1n) is 12.1. The standard InChI is InChI=1S/C33H34/c1-32(2,3)25-18-17-24-19-28-27(26(24)20-25)21-29(33(4,5)6)31(23-15-11-8-12-16-23)30(28)22-13-9-7-10-14-22/h7-18,20-21H,19H2,1-6H3. The van der Waals surface area contributed by atoms with Crippen molar-refractivity contribution in [2.75, 3.05) is 0 Å². The van der Waals surface area contributed by atoms with Crippen molar-refractivity contribution in [3.63, 3.8) is 0 Å². The number of fused-ring (bicyclic) bond motifs is 3. The van der Waals surface area contributed by atoms with Crippen LogP contribution in [0.5, 0.6) is 0 Å². The van der Waals surface area contributed by atoms with Gasteiger partial charge >= 0.3 is 0 Å². The average Bonchev–Trinajstić information content (AvgIpc) is 3.15. The van der Waals surface area contributed by atoms with Gasteiger partial charge in [-0.05, 0) is 79.0 Å². The lowest BCUT2D eigenvalue weighted by molar-refractivity contribution is 0.590. The molecule has 166 valence electrons. The number of benzene rings is 4. The fourth-order valence-electron chi connectivity index (χ4n) is 5.21. The van der Waals surface area contributed by atoms with E-state index in [1.807, 2.05) is 0 Å². The van der Waals surface area contributed by atoms with Gasteiger partial charge in [-0.3, -0.25) is 0 Å². The molecule has 0 aliphatic heterocycles. The lowest BCUT2D eigenvalue weighted by Gasteiger charge is -2.28. The quantitative estimate of drug-likeness (QED) is 0.262. The van der Waals surface area contributed by atoms with Crippen molar-refractivity contribution in [1.29, 1.82) is 0 Å². The highest BCUT2D eigenvalue weighted by atomic mass is 14.3. The molecule has 0 saturated heterocycles. The van der Waals surface area contributed by atoms with E-state index in [0.717, 1.165) is 6.42 Å². The van der Waals surface area contributed by atoms with E-state index < -0.39 is 0 Å². The van der Waals surface area contributed by atoms with E-state index in [2.05, 4.69) is 126 Å². The van der Waals surface area contributed by atoms with Gasteiger partial charge in [-0.2, -0.15) is 0 Å². The van der Waals surface area contributed by atoms with Crippen molar-refractivity contribution < 1.29 is 0 Å². The maximum absolute atomic E-state index is 2.50. The zero-order chi connectivity index (χ0) is 23.4. The van der Waals surface area contributed by atoms with Crippen LogP contribution in [0.15, 0.2) is 84.9 Å². The third-order valence-electron chi connectivity index (χ3n) is 7.00. The van der Waals surface area contributed by atoms with Gasteiger partial charge in [-0.15, -0.1) is 0 Å². The Morgan fingerprint density at radius 3 is 1.67 bits per heavy atom. The first-order chi connectivity index (χ1) is 15.6. The molecule has 0 radical (unpaired) electrons. The molecule has 33 heavy (non-hydrogen) atoms. The zero-order valence-corrected chi connectivity index (χ0v) is 20.8. The van der Waals surface area contributed by atoms with Crippen LogP contribution in [-0.2, 0) is 17.3 Å². The summed E-state index contributed by atoms with van der Waals surface area (Å²) in [5, 5.41) is 0. The Labute approximate surface area is 199 Å². The van der Waals surface area contributed by atoms with Crippen molar-refractivity contribution >= 4 is 0 Å². The van der Waals surface area contributed by atoms with Crippen molar-refractivity contribution in [2.24, 2.45) is 0 Å². The second kappa shape index (κ2) is 7.73. The second-order valence-corrected chi connectivity index (χ2v) is 11.5. The molecule has 4 aromatic carbocycles. The molecule has 0 bridgehead atoms. The molecule has 0 unspecified atom stereocenters. The topological polar surface area (TPSA) is 0 Å². The third kappa shape index (κ3) is 3.82. The monoisotopic (exact) mass is 430 g/mol. The molecule has 1 aliphatic rings. The van der Waals surface area contributed by atoms with Crippen LogP contribution in [0.2, 0.25) is 0 Å². The number of hydrogen-bond acceptors (Lipinski definition) is 0. The van der Waals surface area contributed by atoms with Crippen LogP contribution in [0.1, 0.15) is 63.8 Å². The van der Waals surface area contributed by atoms with Crippen LogP contribution in [0.4, 0.5) is 0 Å². The lowest BCUT2D eigenvalue weighted by atomic mass is 9.76. The molecule has 0 spiro atoms. The Kier molecular flexibility index (Phi) is 5.09. The largest absolute Gasteiger partial charge is 0.0622 e. The lowest BCUT2D eigenvalue weighted by Crippen LogP contribution is -2.14. The molecule has 1 aliphatic carbocycles. The minimum Gasteiger partial charge on any atom is -0.0622 e. The molecule has 0 aromatic heterocycles. The highest BCUT2D eigenvalue weighted by Crippen LogP contribution is 2.50. The Morgan fingerprint density at radius 1 is 0.545 bits per heavy atom. The summed E-state index contributed by atoms with van der Waals surface area (Å²) in [4.78, 5) is 0. The molecule has 0 nitrogen and oxygen atoms in total. The van der Waals surface area contributed by atoms with Crippen LogP contribution in [0.3, 0.4) is 0 Å². The molecular weight excluding hydrogens is 396 g/mol. The highest BCUT2D eigenvalue weighted by molar-refractivity contribution is 5.96. The maximum Gasteiger partial charge on any atom is -0.000705 e.